The Morgan fingerprint density at radius 2 is 2.13 bits per heavy atom. The topological polar surface area (TPSA) is 36.4 Å². The largest absolute Gasteiger partial charge is 0.506 e. The van der Waals surface area contributed by atoms with Gasteiger partial charge in [0.1, 0.15) is 5.75 Å². The van der Waals surface area contributed by atoms with Gasteiger partial charge in [-0.3, -0.25) is 9.88 Å². The minimum Gasteiger partial charge on any atom is -0.506 e. The van der Waals surface area contributed by atoms with E-state index >= 15 is 0 Å². The van der Waals surface area contributed by atoms with E-state index in [-0.39, 0.29) is 5.75 Å². The average Bonchev–Trinajstić information content (AvgIpc) is 2.19. The summed E-state index contributed by atoms with van der Waals surface area (Å²) in [5.74, 6) is 0.896. The van der Waals surface area contributed by atoms with Gasteiger partial charge < -0.3 is 5.11 Å². The van der Waals surface area contributed by atoms with Crippen molar-refractivity contribution in [2.45, 2.75) is 27.3 Å². The molecule has 0 saturated carbocycles. The standard InChI is InChI=1S/C12H20N2O/c1-4-14(8-10(2)3)9-11-5-6-12(15)7-13-11/h5-7,10,15H,4,8-9H2,1-3H3. The molecule has 0 aliphatic carbocycles. The van der Waals surface area contributed by atoms with Gasteiger partial charge in [0.15, 0.2) is 0 Å². The van der Waals surface area contributed by atoms with E-state index in [1.54, 1.807) is 6.07 Å². The number of aromatic hydroxyl groups is 1. The lowest BCUT2D eigenvalue weighted by Crippen LogP contribution is -2.27. The van der Waals surface area contributed by atoms with Gasteiger partial charge in [0.2, 0.25) is 0 Å². The SMILES string of the molecule is CCN(Cc1ccc(O)cn1)CC(C)C. The molecule has 3 nitrogen and oxygen atoms in total. The Labute approximate surface area is 91.8 Å². The van der Waals surface area contributed by atoms with Gasteiger partial charge in [-0.2, -0.15) is 0 Å². The van der Waals surface area contributed by atoms with Crippen molar-refractivity contribution in [1.82, 2.24) is 9.88 Å². The van der Waals surface area contributed by atoms with Crippen LogP contribution < -0.4 is 0 Å². The molecular weight excluding hydrogens is 188 g/mol. The molecule has 0 aliphatic heterocycles. The number of pyridine rings is 1. The van der Waals surface area contributed by atoms with Crippen molar-refractivity contribution >= 4 is 0 Å². The summed E-state index contributed by atoms with van der Waals surface area (Å²) in [7, 11) is 0. The smallest absolute Gasteiger partial charge is 0.133 e. The van der Waals surface area contributed by atoms with E-state index in [1.807, 2.05) is 6.07 Å². The lowest BCUT2D eigenvalue weighted by Gasteiger charge is -2.21. The maximum Gasteiger partial charge on any atom is 0.133 e. The van der Waals surface area contributed by atoms with Crippen LogP contribution in [0.2, 0.25) is 0 Å². The molecule has 1 rings (SSSR count). The highest BCUT2D eigenvalue weighted by molar-refractivity contribution is 5.17. The van der Waals surface area contributed by atoms with Crippen molar-refractivity contribution in [1.29, 1.82) is 0 Å². The molecule has 1 aromatic rings. The molecule has 0 aliphatic rings. The fourth-order valence-electron chi connectivity index (χ4n) is 1.56. The van der Waals surface area contributed by atoms with Crippen LogP contribution in [0.15, 0.2) is 18.3 Å². The van der Waals surface area contributed by atoms with Gasteiger partial charge >= 0.3 is 0 Å². The normalized spacial score (nSPS) is 11.3. The fraction of sp³-hybridized carbons (Fsp3) is 0.583. The third-order valence-corrected chi connectivity index (χ3v) is 2.27. The summed E-state index contributed by atoms with van der Waals surface area (Å²) in [4.78, 5) is 6.53. The van der Waals surface area contributed by atoms with Crippen LogP contribution in [-0.4, -0.2) is 28.1 Å². The van der Waals surface area contributed by atoms with Crippen LogP contribution in [-0.2, 0) is 6.54 Å². The van der Waals surface area contributed by atoms with E-state index in [1.165, 1.54) is 6.20 Å². The van der Waals surface area contributed by atoms with E-state index in [4.69, 9.17) is 5.11 Å². The second-order valence-corrected chi connectivity index (χ2v) is 4.23. The van der Waals surface area contributed by atoms with E-state index in [9.17, 15) is 0 Å². The Bertz CT molecular complexity index is 282. The number of hydrogen-bond acceptors (Lipinski definition) is 3. The van der Waals surface area contributed by atoms with Crippen LogP contribution in [0.1, 0.15) is 26.5 Å². The van der Waals surface area contributed by atoms with Crippen LogP contribution in [0, 0.1) is 5.92 Å². The molecule has 0 radical (unpaired) electrons. The van der Waals surface area contributed by atoms with Crippen molar-refractivity contribution in [3.05, 3.63) is 24.0 Å². The molecule has 84 valence electrons. The number of aromatic nitrogens is 1. The van der Waals surface area contributed by atoms with Crippen LogP contribution in [0.3, 0.4) is 0 Å². The van der Waals surface area contributed by atoms with Gasteiger partial charge in [0, 0.05) is 13.1 Å². The maximum absolute atomic E-state index is 9.12. The second kappa shape index (κ2) is 5.71. The van der Waals surface area contributed by atoms with Gasteiger partial charge in [0.25, 0.3) is 0 Å². The van der Waals surface area contributed by atoms with Gasteiger partial charge in [0.05, 0.1) is 11.9 Å². The Kier molecular flexibility index (Phi) is 4.56. The van der Waals surface area contributed by atoms with E-state index in [2.05, 4.69) is 30.7 Å². The van der Waals surface area contributed by atoms with Gasteiger partial charge in [-0.05, 0) is 24.6 Å². The van der Waals surface area contributed by atoms with E-state index < -0.39 is 0 Å². The molecule has 3 heteroatoms. The molecule has 0 aromatic carbocycles. The molecule has 1 heterocycles. The highest BCUT2D eigenvalue weighted by Crippen LogP contribution is 2.09. The summed E-state index contributed by atoms with van der Waals surface area (Å²) in [5, 5.41) is 9.12. The first-order chi connectivity index (χ1) is 7.11. The molecule has 0 amide bonds. The van der Waals surface area contributed by atoms with Gasteiger partial charge in [-0.1, -0.05) is 20.8 Å². The van der Waals surface area contributed by atoms with Crippen molar-refractivity contribution in [2.75, 3.05) is 13.1 Å². The van der Waals surface area contributed by atoms with Crippen molar-refractivity contribution in [3.8, 4) is 5.75 Å². The number of nitrogens with zero attached hydrogens (tertiary/aromatic N) is 2. The molecule has 15 heavy (non-hydrogen) atoms. The van der Waals surface area contributed by atoms with Gasteiger partial charge in [-0.25, -0.2) is 0 Å². The molecular formula is C12H20N2O. The molecule has 0 atom stereocenters. The van der Waals surface area contributed by atoms with Crippen LogP contribution >= 0.6 is 0 Å². The summed E-state index contributed by atoms with van der Waals surface area (Å²) < 4.78 is 0. The zero-order valence-corrected chi connectivity index (χ0v) is 9.77. The minimum absolute atomic E-state index is 0.227. The monoisotopic (exact) mass is 208 g/mol. The molecule has 0 bridgehead atoms. The summed E-state index contributed by atoms with van der Waals surface area (Å²) in [6.45, 7) is 9.55. The Hall–Kier alpha value is -1.09. The highest BCUT2D eigenvalue weighted by atomic mass is 16.3. The molecule has 0 saturated heterocycles. The predicted molar refractivity (Wildman–Crippen MR) is 61.7 cm³/mol. The Balaban J connectivity index is 2.54. The summed E-state index contributed by atoms with van der Waals surface area (Å²) in [6, 6.07) is 3.56. The Morgan fingerprint density at radius 3 is 2.60 bits per heavy atom. The predicted octanol–water partition coefficient (Wildman–Crippen LogP) is 2.27. The molecule has 0 unspecified atom stereocenters. The average molecular weight is 208 g/mol. The zero-order chi connectivity index (χ0) is 11.3. The lowest BCUT2D eigenvalue weighted by molar-refractivity contribution is 0.245. The molecule has 1 aromatic heterocycles. The first-order valence-electron chi connectivity index (χ1n) is 5.48. The fourth-order valence-corrected chi connectivity index (χ4v) is 1.56. The van der Waals surface area contributed by atoms with E-state index in [0.29, 0.717) is 5.92 Å². The van der Waals surface area contributed by atoms with Crippen molar-refractivity contribution in [2.24, 2.45) is 5.92 Å². The van der Waals surface area contributed by atoms with Crippen LogP contribution in [0.4, 0.5) is 0 Å². The summed E-state index contributed by atoms with van der Waals surface area (Å²) in [5.41, 5.74) is 1.01. The number of rotatable bonds is 5. The van der Waals surface area contributed by atoms with Crippen LogP contribution in [0.5, 0.6) is 5.75 Å². The van der Waals surface area contributed by atoms with E-state index in [0.717, 1.165) is 25.3 Å². The zero-order valence-electron chi connectivity index (χ0n) is 9.77. The molecule has 1 N–H and O–H groups in total. The van der Waals surface area contributed by atoms with Crippen LogP contribution in [0.25, 0.3) is 0 Å². The minimum atomic E-state index is 0.227. The van der Waals surface area contributed by atoms with Crippen molar-refractivity contribution in [3.63, 3.8) is 0 Å². The highest BCUT2D eigenvalue weighted by Gasteiger charge is 2.06. The first-order valence-corrected chi connectivity index (χ1v) is 5.48. The lowest BCUT2D eigenvalue weighted by atomic mass is 10.2. The second-order valence-electron chi connectivity index (χ2n) is 4.23. The third-order valence-electron chi connectivity index (χ3n) is 2.27. The third kappa shape index (κ3) is 4.30. The maximum atomic E-state index is 9.12. The number of hydrogen-bond donors (Lipinski definition) is 1. The van der Waals surface area contributed by atoms with Gasteiger partial charge in [-0.15, -0.1) is 0 Å². The Morgan fingerprint density at radius 1 is 1.40 bits per heavy atom. The summed E-state index contributed by atoms with van der Waals surface area (Å²) >= 11 is 0. The summed E-state index contributed by atoms with van der Waals surface area (Å²) in [6.07, 6.45) is 1.50. The quantitative estimate of drug-likeness (QED) is 0.806. The molecule has 0 fully saturated rings. The van der Waals surface area contributed by atoms with Crippen molar-refractivity contribution < 1.29 is 5.11 Å². The molecule has 0 spiro atoms. The first kappa shape index (κ1) is 12.0.